The van der Waals surface area contributed by atoms with Crippen LogP contribution in [0.25, 0.3) is 0 Å². The van der Waals surface area contributed by atoms with Crippen LogP contribution in [-0.4, -0.2) is 49.5 Å². The SMILES string of the molecule is COCCCN(Cc1ccsc1)C[C@@H](O)COc1ccc(Cl)cc1. The van der Waals surface area contributed by atoms with Crippen LogP contribution in [0.3, 0.4) is 0 Å². The first-order chi connectivity index (χ1) is 11.7. The molecule has 0 aliphatic carbocycles. The molecule has 0 aliphatic heterocycles. The van der Waals surface area contributed by atoms with Gasteiger partial charge in [0.2, 0.25) is 0 Å². The molecule has 0 aliphatic rings. The Labute approximate surface area is 152 Å². The number of rotatable bonds is 11. The smallest absolute Gasteiger partial charge is 0.119 e. The van der Waals surface area contributed by atoms with Crippen LogP contribution in [0, 0.1) is 0 Å². The predicted molar refractivity (Wildman–Crippen MR) is 99.0 cm³/mol. The molecule has 1 aromatic heterocycles. The van der Waals surface area contributed by atoms with Crippen molar-refractivity contribution in [3.8, 4) is 5.75 Å². The Hall–Kier alpha value is -1.11. The molecule has 1 N–H and O–H groups in total. The van der Waals surface area contributed by atoms with Crippen molar-refractivity contribution in [1.29, 1.82) is 0 Å². The minimum absolute atomic E-state index is 0.256. The van der Waals surface area contributed by atoms with Gasteiger partial charge in [0.25, 0.3) is 0 Å². The van der Waals surface area contributed by atoms with E-state index in [0.717, 1.165) is 26.1 Å². The van der Waals surface area contributed by atoms with Crippen molar-refractivity contribution in [1.82, 2.24) is 4.90 Å². The number of halogens is 1. The first-order valence-electron chi connectivity index (χ1n) is 7.96. The van der Waals surface area contributed by atoms with E-state index in [0.29, 0.717) is 17.3 Å². The van der Waals surface area contributed by atoms with Crippen molar-refractivity contribution in [2.45, 2.75) is 19.1 Å². The van der Waals surface area contributed by atoms with Gasteiger partial charge in [-0.3, -0.25) is 4.90 Å². The van der Waals surface area contributed by atoms with Gasteiger partial charge in [0.05, 0.1) is 0 Å². The second kappa shape index (κ2) is 10.7. The van der Waals surface area contributed by atoms with Crippen molar-refractivity contribution < 1.29 is 14.6 Å². The average molecular weight is 370 g/mol. The van der Waals surface area contributed by atoms with Gasteiger partial charge in [0.1, 0.15) is 18.5 Å². The van der Waals surface area contributed by atoms with Gasteiger partial charge in [-0.25, -0.2) is 0 Å². The lowest BCUT2D eigenvalue weighted by Gasteiger charge is -2.24. The third-order valence-corrected chi connectivity index (χ3v) is 4.52. The monoisotopic (exact) mass is 369 g/mol. The Kier molecular flexibility index (Phi) is 8.56. The number of ether oxygens (including phenoxy) is 2. The number of benzene rings is 1. The fourth-order valence-corrected chi connectivity index (χ4v) is 3.17. The number of methoxy groups -OCH3 is 1. The van der Waals surface area contributed by atoms with Crippen LogP contribution >= 0.6 is 22.9 Å². The number of aliphatic hydroxyl groups excluding tert-OH is 1. The molecule has 0 unspecified atom stereocenters. The fraction of sp³-hybridized carbons (Fsp3) is 0.444. The standard InChI is InChI=1S/C18H24ClNO3S/c1-22-9-2-8-20(11-15-7-10-24-14-15)12-17(21)13-23-18-5-3-16(19)4-6-18/h3-7,10,14,17,21H,2,8-9,11-13H2,1H3/t17-/m1/s1. The van der Waals surface area contributed by atoms with Gasteiger partial charge < -0.3 is 14.6 Å². The highest BCUT2D eigenvalue weighted by atomic mass is 35.5. The van der Waals surface area contributed by atoms with E-state index < -0.39 is 6.10 Å². The van der Waals surface area contributed by atoms with E-state index in [-0.39, 0.29) is 6.61 Å². The first-order valence-corrected chi connectivity index (χ1v) is 9.28. The molecule has 1 heterocycles. The van der Waals surface area contributed by atoms with Crippen molar-refractivity contribution in [2.24, 2.45) is 0 Å². The Morgan fingerprint density at radius 1 is 1.25 bits per heavy atom. The zero-order valence-corrected chi connectivity index (χ0v) is 15.4. The summed E-state index contributed by atoms with van der Waals surface area (Å²) in [6.45, 7) is 3.24. The third kappa shape index (κ3) is 7.20. The van der Waals surface area contributed by atoms with Crippen LogP contribution in [0.5, 0.6) is 5.75 Å². The zero-order chi connectivity index (χ0) is 17.2. The molecule has 1 atom stereocenters. The predicted octanol–water partition coefficient (Wildman–Crippen LogP) is 3.68. The molecule has 0 bridgehead atoms. The van der Waals surface area contributed by atoms with Crippen LogP contribution in [0.4, 0.5) is 0 Å². The van der Waals surface area contributed by atoms with E-state index >= 15 is 0 Å². The van der Waals surface area contributed by atoms with Gasteiger partial charge in [0, 0.05) is 38.4 Å². The van der Waals surface area contributed by atoms with Gasteiger partial charge in [-0.05, 0) is 53.1 Å². The van der Waals surface area contributed by atoms with E-state index in [1.807, 2.05) is 0 Å². The van der Waals surface area contributed by atoms with Gasteiger partial charge >= 0.3 is 0 Å². The first kappa shape index (κ1) is 19.2. The quantitative estimate of drug-likeness (QED) is 0.613. The summed E-state index contributed by atoms with van der Waals surface area (Å²) in [6, 6.07) is 9.27. The zero-order valence-electron chi connectivity index (χ0n) is 13.9. The molecule has 0 saturated carbocycles. The van der Waals surface area contributed by atoms with Crippen LogP contribution in [0.1, 0.15) is 12.0 Å². The summed E-state index contributed by atoms with van der Waals surface area (Å²) in [6.07, 6.45) is 0.382. The molecule has 0 fully saturated rings. The summed E-state index contributed by atoms with van der Waals surface area (Å²) < 4.78 is 10.8. The number of nitrogens with zero attached hydrogens (tertiary/aromatic N) is 1. The Balaban J connectivity index is 1.80. The molecule has 0 spiro atoms. The highest BCUT2D eigenvalue weighted by Gasteiger charge is 2.13. The third-order valence-electron chi connectivity index (χ3n) is 3.53. The summed E-state index contributed by atoms with van der Waals surface area (Å²) >= 11 is 7.54. The van der Waals surface area contributed by atoms with Crippen LogP contribution in [0.15, 0.2) is 41.1 Å². The molecular formula is C18H24ClNO3S. The van der Waals surface area contributed by atoms with Crippen molar-refractivity contribution >= 4 is 22.9 Å². The Bertz CT molecular complexity index is 562. The summed E-state index contributed by atoms with van der Waals surface area (Å²) in [7, 11) is 1.71. The van der Waals surface area contributed by atoms with E-state index in [9.17, 15) is 5.11 Å². The van der Waals surface area contributed by atoms with Crippen molar-refractivity contribution in [3.05, 3.63) is 51.7 Å². The molecule has 4 nitrogen and oxygen atoms in total. The lowest BCUT2D eigenvalue weighted by molar-refractivity contribution is 0.0618. The molecule has 24 heavy (non-hydrogen) atoms. The lowest BCUT2D eigenvalue weighted by Crippen LogP contribution is -2.36. The van der Waals surface area contributed by atoms with E-state index in [2.05, 4.69) is 21.7 Å². The maximum absolute atomic E-state index is 10.3. The molecule has 0 radical (unpaired) electrons. The lowest BCUT2D eigenvalue weighted by atomic mass is 10.2. The molecule has 0 saturated heterocycles. The van der Waals surface area contributed by atoms with E-state index in [1.165, 1.54) is 5.56 Å². The van der Waals surface area contributed by atoms with Crippen molar-refractivity contribution in [2.75, 3.05) is 33.4 Å². The van der Waals surface area contributed by atoms with Crippen LogP contribution in [0.2, 0.25) is 5.02 Å². The van der Waals surface area contributed by atoms with Crippen LogP contribution in [-0.2, 0) is 11.3 Å². The molecule has 2 aromatic rings. The molecule has 2 rings (SSSR count). The maximum atomic E-state index is 10.3. The summed E-state index contributed by atoms with van der Waals surface area (Å²) in [4.78, 5) is 2.23. The molecule has 1 aromatic carbocycles. The summed E-state index contributed by atoms with van der Waals surface area (Å²) in [5, 5.41) is 15.2. The number of hydrogen-bond acceptors (Lipinski definition) is 5. The minimum Gasteiger partial charge on any atom is -0.491 e. The summed E-state index contributed by atoms with van der Waals surface area (Å²) in [5.41, 5.74) is 1.27. The minimum atomic E-state index is -0.554. The number of thiophene rings is 1. The van der Waals surface area contributed by atoms with Gasteiger partial charge in [0.15, 0.2) is 0 Å². The number of aliphatic hydroxyl groups is 1. The Morgan fingerprint density at radius 2 is 2.04 bits per heavy atom. The normalized spacial score (nSPS) is 12.5. The number of hydrogen-bond donors (Lipinski definition) is 1. The summed E-state index contributed by atoms with van der Waals surface area (Å²) in [5.74, 6) is 0.710. The van der Waals surface area contributed by atoms with Gasteiger partial charge in [-0.15, -0.1) is 0 Å². The van der Waals surface area contributed by atoms with Gasteiger partial charge in [-0.2, -0.15) is 11.3 Å². The second-order valence-corrected chi connectivity index (χ2v) is 6.85. The molecule has 0 amide bonds. The Morgan fingerprint density at radius 3 is 2.71 bits per heavy atom. The molecular weight excluding hydrogens is 346 g/mol. The van der Waals surface area contributed by atoms with Crippen LogP contribution < -0.4 is 4.74 Å². The second-order valence-electron chi connectivity index (χ2n) is 5.63. The molecule has 6 heteroatoms. The maximum Gasteiger partial charge on any atom is 0.119 e. The highest BCUT2D eigenvalue weighted by Crippen LogP contribution is 2.16. The highest BCUT2D eigenvalue weighted by molar-refractivity contribution is 7.07. The molecule has 132 valence electrons. The average Bonchev–Trinajstić information content (AvgIpc) is 3.07. The fourth-order valence-electron chi connectivity index (χ4n) is 2.38. The van der Waals surface area contributed by atoms with Crippen molar-refractivity contribution in [3.63, 3.8) is 0 Å². The topological polar surface area (TPSA) is 41.9 Å². The van der Waals surface area contributed by atoms with E-state index in [1.54, 1.807) is 42.7 Å². The van der Waals surface area contributed by atoms with E-state index in [4.69, 9.17) is 21.1 Å². The largest absolute Gasteiger partial charge is 0.491 e. The van der Waals surface area contributed by atoms with Gasteiger partial charge in [-0.1, -0.05) is 11.6 Å².